The Morgan fingerprint density at radius 3 is 2.48 bits per heavy atom. The number of amides is 2. The van der Waals surface area contributed by atoms with E-state index in [1.165, 1.54) is 6.08 Å². The van der Waals surface area contributed by atoms with Gasteiger partial charge >= 0.3 is 6.09 Å². The first kappa shape index (κ1) is 20.8. The van der Waals surface area contributed by atoms with Crippen LogP contribution in [0.2, 0.25) is 0 Å². The molecule has 2 rings (SSSR count). The van der Waals surface area contributed by atoms with Gasteiger partial charge < -0.3 is 19.7 Å². The molecule has 0 saturated carbocycles. The summed E-state index contributed by atoms with van der Waals surface area (Å²) in [5, 5.41) is 3.00. The van der Waals surface area contributed by atoms with Gasteiger partial charge in [-0.1, -0.05) is 11.6 Å². The Bertz CT molecular complexity index is 699. The third kappa shape index (κ3) is 6.62. The Balaban J connectivity index is 1.84. The first-order valence-corrected chi connectivity index (χ1v) is 9.29. The van der Waals surface area contributed by atoms with Crippen molar-refractivity contribution >= 4 is 18.1 Å². The van der Waals surface area contributed by atoms with E-state index in [9.17, 15) is 9.59 Å². The molecule has 1 fully saturated rings. The van der Waals surface area contributed by atoms with Gasteiger partial charge in [0, 0.05) is 30.8 Å². The van der Waals surface area contributed by atoms with Crippen molar-refractivity contribution < 1.29 is 19.1 Å². The summed E-state index contributed by atoms with van der Waals surface area (Å²) in [6.07, 6.45) is 4.42. The maximum absolute atomic E-state index is 12.2. The summed E-state index contributed by atoms with van der Waals surface area (Å²) in [6, 6.07) is 5.89. The Labute approximate surface area is 161 Å². The number of nitrogens with one attached hydrogen (secondary N) is 1. The van der Waals surface area contributed by atoms with E-state index in [4.69, 9.17) is 9.47 Å². The zero-order valence-corrected chi connectivity index (χ0v) is 16.9. The van der Waals surface area contributed by atoms with Gasteiger partial charge in [-0.15, -0.1) is 0 Å². The molecule has 0 bridgehead atoms. The van der Waals surface area contributed by atoms with Crippen LogP contribution in [-0.2, 0) is 9.53 Å². The number of methoxy groups -OCH3 is 1. The van der Waals surface area contributed by atoms with E-state index in [0.29, 0.717) is 25.9 Å². The highest BCUT2D eigenvalue weighted by Gasteiger charge is 2.27. The number of carbonyl (C=O) groups is 2. The molecule has 0 spiro atoms. The minimum atomic E-state index is -0.496. The van der Waals surface area contributed by atoms with Crippen LogP contribution < -0.4 is 10.1 Å². The number of rotatable bonds is 4. The number of benzene rings is 1. The lowest BCUT2D eigenvalue weighted by molar-refractivity contribution is -0.117. The molecule has 1 aliphatic heterocycles. The summed E-state index contributed by atoms with van der Waals surface area (Å²) < 4.78 is 10.7. The van der Waals surface area contributed by atoms with Crippen molar-refractivity contribution in [3.63, 3.8) is 0 Å². The lowest BCUT2D eigenvalue weighted by Gasteiger charge is -2.33. The fraction of sp³-hybridized carbons (Fsp3) is 0.524. The number of hydrogen-bond donors (Lipinski definition) is 1. The number of hydrogen-bond acceptors (Lipinski definition) is 4. The molecule has 0 radical (unpaired) electrons. The molecule has 6 heteroatoms. The van der Waals surface area contributed by atoms with Crippen molar-refractivity contribution in [3.05, 3.63) is 35.4 Å². The molecule has 6 nitrogen and oxygen atoms in total. The third-order valence-electron chi connectivity index (χ3n) is 4.29. The molecular formula is C21H30N2O4. The van der Waals surface area contributed by atoms with Crippen LogP contribution in [0.5, 0.6) is 5.75 Å². The number of likely N-dealkylation sites (tertiary alicyclic amines) is 1. The number of carbonyl (C=O) groups excluding carboxylic acids is 2. The second-order valence-electron chi connectivity index (χ2n) is 7.83. The first-order valence-electron chi connectivity index (χ1n) is 9.29. The van der Waals surface area contributed by atoms with Gasteiger partial charge in [0.05, 0.1) is 7.11 Å². The minimum Gasteiger partial charge on any atom is -0.496 e. The molecule has 0 aromatic heterocycles. The lowest BCUT2D eigenvalue weighted by Crippen LogP contribution is -2.47. The average molecular weight is 374 g/mol. The number of nitrogens with zero attached hydrogens (tertiary/aromatic N) is 1. The maximum atomic E-state index is 12.2. The molecule has 0 atom stereocenters. The van der Waals surface area contributed by atoms with Gasteiger partial charge in [-0.2, -0.15) is 0 Å². The van der Waals surface area contributed by atoms with Crippen molar-refractivity contribution in [2.24, 2.45) is 0 Å². The van der Waals surface area contributed by atoms with Gasteiger partial charge in [0.15, 0.2) is 0 Å². The second kappa shape index (κ2) is 8.93. The fourth-order valence-electron chi connectivity index (χ4n) is 2.93. The van der Waals surface area contributed by atoms with E-state index in [2.05, 4.69) is 5.32 Å². The summed E-state index contributed by atoms with van der Waals surface area (Å²) in [5.74, 6) is 0.588. The largest absolute Gasteiger partial charge is 0.496 e. The molecule has 27 heavy (non-hydrogen) atoms. The van der Waals surface area contributed by atoms with Crippen LogP contribution in [0.3, 0.4) is 0 Å². The molecule has 1 aromatic carbocycles. The van der Waals surface area contributed by atoms with Crippen molar-refractivity contribution in [1.82, 2.24) is 10.2 Å². The van der Waals surface area contributed by atoms with Crippen molar-refractivity contribution in [2.75, 3.05) is 20.2 Å². The lowest BCUT2D eigenvalue weighted by atomic mass is 10.1. The Hall–Kier alpha value is -2.50. The summed E-state index contributed by atoms with van der Waals surface area (Å²) in [7, 11) is 1.61. The molecule has 148 valence electrons. The maximum Gasteiger partial charge on any atom is 0.410 e. The topological polar surface area (TPSA) is 67.9 Å². The molecule has 0 unspecified atom stereocenters. The van der Waals surface area contributed by atoms with Gasteiger partial charge in [-0.05, 0) is 58.7 Å². The fourth-order valence-corrected chi connectivity index (χ4v) is 2.93. The zero-order valence-electron chi connectivity index (χ0n) is 16.9. The summed E-state index contributed by atoms with van der Waals surface area (Å²) >= 11 is 0. The standard InChI is InChI=1S/C21H30N2O4/c1-15-6-8-18(26-5)16(14-15)7-9-19(24)22-17-10-12-23(13-11-17)20(25)27-21(2,3)4/h6-9,14,17H,10-13H2,1-5H3,(H,22,24). The average Bonchev–Trinajstić information content (AvgIpc) is 2.59. The van der Waals surface area contributed by atoms with Gasteiger partial charge in [-0.3, -0.25) is 4.79 Å². The second-order valence-corrected chi connectivity index (χ2v) is 7.83. The molecule has 1 saturated heterocycles. The molecule has 1 aliphatic rings. The Kier molecular flexibility index (Phi) is 6.88. The number of aryl methyl sites for hydroxylation is 1. The minimum absolute atomic E-state index is 0.0558. The highest BCUT2D eigenvalue weighted by Crippen LogP contribution is 2.21. The molecule has 1 N–H and O–H groups in total. The molecule has 1 aromatic rings. The van der Waals surface area contributed by atoms with E-state index >= 15 is 0 Å². The van der Waals surface area contributed by atoms with Gasteiger partial charge in [-0.25, -0.2) is 4.79 Å². The van der Waals surface area contributed by atoms with E-state index in [1.54, 1.807) is 18.1 Å². The van der Waals surface area contributed by atoms with Crippen LogP contribution in [0.4, 0.5) is 4.79 Å². The summed E-state index contributed by atoms with van der Waals surface area (Å²) in [5.41, 5.74) is 1.47. The SMILES string of the molecule is COc1ccc(C)cc1C=CC(=O)NC1CCN(C(=O)OC(C)(C)C)CC1. The molecular weight excluding hydrogens is 344 g/mol. The van der Waals surface area contributed by atoms with Gasteiger partial charge in [0.2, 0.25) is 5.91 Å². The van der Waals surface area contributed by atoms with E-state index < -0.39 is 5.60 Å². The molecule has 0 aliphatic carbocycles. The third-order valence-corrected chi connectivity index (χ3v) is 4.29. The normalized spacial score (nSPS) is 15.7. The highest BCUT2D eigenvalue weighted by atomic mass is 16.6. The van der Waals surface area contributed by atoms with Crippen LogP contribution in [-0.4, -0.2) is 48.7 Å². The van der Waals surface area contributed by atoms with E-state index in [-0.39, 0.29) is 18.0 Å². The molecule has 2 amide bonds. The summed E-state index contributed by atoms with van der Waals surface area (Å²) in [4.78, 5) is 26.0. The van der Waals surface area contributed by atoms with Crippen LogP contribution in [0.15, 0.2) is 24.3 Å². The Morgan fingerprint density at radius 2 is 1.89 bits per heavy atom. The predicted molar refractivity (Wildman–Crippen MR) is 106 cm³/mol. The van der Waals surface area contributed by atoms with Crippen molar-refractivity contribution in [2.45, 2.75) is 52.2 Å². The molecule has 1 heterocycles. The van der Waals surface area contributed by atoms with Crippen LogP contribution in [0.1, 0.15) is 44.7 Å². The quantitative estimate of drug-likeness (QED) is 0.819. The highest BCUT2D eigenvalue weighted by molar-refractivity contribution is 5.92. The number of ether oxygens (including phenoxy) is 2. The van der Waals surface area contributed by atoms with E-state index in [0.717, 1.165) is 16.9 Å². The van der Waals surface area contributed by atoms with Gasteiger partial charge in [0.25, 0.3) is 0 Å². The smallest absolute Gasteiger partial charge is 0.410 e. The first-order chi connectivity index (χ1) is 12.7. The Morgan fingerprint density at radius 1 is 1.22 bits per heavy atom. The van der Waals surface area contributed by atoms with Gasteiger partial charge in [0.1, 0.15) is 11.4 Å². The summed E-state index contributed by atoms with van der Waals surface area (Å²) in [6.45, 7) is 8.72. The predicted octanol–water partition coefficient (Wildman–Crippen LogP) is 3.53. The van der Waals surface area contributed by atoms with E-state index in [1.807, 2.05) is 45.9 Å². The monoisotopic (exact) mass is 374 g/mol. The van der Waals surface area contributed by atoms with Crippen molar-refractivity contribution in [3.8, 4) is 5.75 Å². The van der Waals surface area contributed by atoms with Crippen LogP contribution >= 0.6 is 0 Å². The zero-order chi connectivity index (χ0) is 20.0. The van der Waals surface area contributed by atoms with Crippen LogP contribution in [0.25, 0.3) is 6.08 Å². The van der Waals surface area contributed by atoms with Crippen molar-refractivity contribution in [1.29, 1.82) is 0 Å². The van der Waals surface area contributed by atoms with Crippen LogP contribution in [0, 0.1) is 6.92 Å². The number of piperidine rings is 1.